The summed E-state index contributed by atoms with van der Waals surface area (Å²) in [7, 11) is 0. The van der Waals surface area contributed by atoms with Gasteiger partial charge in [0.25, 0.3) is 5.91 Å². The van der Waals surface area contributed by atoms with Crippen LogP contribution in [0.4, 0.5) is 4.39 Å². The zero-order valence-electron chi connectivity index (χ0n) is 24.9. The lowest BCUT2D eigenvalue weighted by atomic mass is 10.0. The summed E-state index contributed by atoms with van der Waals surface area (Å²) in [6, 6.07) is 8.64. The highest BCUT2D eigenvalue weighted by Crippen LogP contribution is 2.29. The van der Waals surface area contributed by atoms with Crippen LogP contribution in [-0.2, 0) is 11.2 Å². The van der Waals surface area contributed by atoms with E-state index in [0.29, 0.717) is 53.4 Å². The molecule has 1 aromatic heterocycles. The van der Waals surface area contributed by atoms with Crippen LogP contribution in [0.5, 0.6) is 5.75 Å². The highest BCUT2D eigenvalue weighted by atomic mass is 35.5. The van der Waals surface area contributed by atoms with Gasteiger partial charge in [-0.1, -0.05) is 41.2 Å². The molecule has 9 nitrogen and oxygen atoms in total. The highest BCUT2D eigenvalue weighted by Gasteiger charge is 2.25. The van der Waals surface area contributed by atoms with E-state index in [0.717, 1.165) is 38.9 Å². The van der Waals surface area contributed by atoms with Crippen LogP contribution in [0.3, 0.4) is 0 Å². The minimum absolute atomic E-state index is 0.125. The maximum atomic E-state index is 14.9. The Balaban J connectivity index is 1.03. The monoisotopic (exact) mass is 645 g/mol. The van der Waals surface area contributed by atoms with E-state index < -0.39 is 11.9 Å². The molecule has 2 fully saturated rings. The topological polar surface area (TPSA) is 101 Å². The van der Waals surface area contributed by atoms with Gasteiger partial charge in [-0.05, 0) is 75.4 Å². The van der Waals surface area contributed by atoms with E-state index in [4.69, 9.17) is 32.5 Å². The molecular weight excluding hydrogens is 608 g/mol. The maximum Gasteiger partial charge on any atom is 0.251 e. The second-order valence-corrected chi connectivity index (χ2v) is 12.4. The molecule has 0 spiro atoms. The SMILES string of the molecule is C[C@@H](NC(=O)c1ccc(Cl)c(Cl)c1)C(=O)N1CCCN(CCCOc2ccc(-c3noc(CC4CCCC4)n3)c(F)c2)CC1. The molecular formula is C32H38Cl2FN5O4. The summed E-state index contributed by atoms with van der Waals surface area (Å²) >= 11 is 12.0. The fraction of sp³-hybridized carbons (Fsp3) is 0.500. The van der Waals surface area contributed by atoms with Crippen LogP contribution in [0.1, 0.15) is 61.7 Å². The third kappa shape index (κ3) is 8.49. The lowest BCUT2D eigenvalue weighted by Gasteiger charge is -2.25. The molecule has 44 heavy (non-hydrogen) atoms. The maximum absolute atomic E-state index is 14.9. The standard InChI is InChI=1S/C32H38Cl2FN5O4/c1-21(36-31(41)23-8-11-26(33)27(34)19-23)32(42)40-14-4-12-39(15-16-40)13-5-17-43-24-9-10-25(28(35)20-24)30-37-29(44-38-30)18-22-6-2-3-7-22/h8-11,19-22H,2-7,12-18H2,1H3,(H,36,41)/t21-/m1/s1. The summed E-state index contributed by atoms with van der Waals surface area (Å²) in [6.45, 7) is 5.66. The second kappa shape index (κ2) is 15.2. The molecule has 0 radical (unpaired) electrons. The summed E-state index contributed by atoms with van der Waals surface area (Å²) in [4.78, 5) is 34.1. The van der Waals surface area contributed by atoms with Crippen LogP contribution in [0, 0.1) is 11.7 Å². The van der Waals surface area contributed by atoms with Crippen molar-refractivity contribution in [2.45, 2.75) is 57.9 Å². The molecule has 1 atom stereocenters. The van der Waals surface area contributed by atoms with E-state index in [2.05, 4.69) is 20.4 Å². The Morgan fingerprint density at radius 3 is 2.66 bits per heavy atom. The zero-order valence-corrected chi connectivity index (χ0v) is 26.4. The van der Waals surface area contributed by atoms with Gasteiger partial charge in [0, 0.05) is 44.2 Å². The Labute approximate surface area is 267 Å². The van der Waals surface area contributed by atoms with Gasteiger partial charge < -0.3 is 24.4 Å². The van der Waals surface area contributed by atoms with Gasteiger partial charge in [-0.3, -0.25) is 9.59 Å². The molecule has 0 bridgehead atoms. The lowest BCUT2D eigenvalue weighted by molar-refractivity contribution is -0.132. The molecule has 1 N–H and O–H groups in total. The van der Waals surface area contributed by atoms with Crippen LogP contribution in [0.15, 0.2) is 40.9 Å². The molecule has 2 aromatic carbocycles. The normalized spacial score (nSPS) is 17.0. The van der Waals surface area contributed by atoms with Crippen molar-refractivity contribution in [2.75, 3.05) is 39.3 Å². The van der Waals surface area contributed by atoms with E-state index in [-0.39, 0.29) is 22.7 Å². The predicted molar refractivity (Wildman–Crippen MR) is 166 cm³/mol. The van der Waals surface area contributed by atoms with Gasteiger partial charge in [-0.25, -0.2) is 4.39 Å². The molecule has 5 rings (SSSR count). The van der Waals surface area contributed by atoms with Crippen molar-refractivity contribution in [3.05, 3.63) is 63.7 Å². The molecule has 1 saturated heterocycles. The number of nitrogens with one attached hydrogen (secondary N) is 1. The first-order chi connectivity index (χ1) is 21.3. The average Bonchev–Trinajstić information content (AvgIpc) is 3.64. The van der Waals surface area contributed by atoms with Crippen LogP contribution < -0.4 is 10.1 Å². The number of amides is 2. The first-order valence-corrected chi connectivity index (χ1v) is 16.0. The zero-order chi connectivity index (χ0) is 31.1. The predicted octanol–water partition coefficient (Wildman–Crippen LogP) is 6.04. The summed E-state index contributed by atoms with van der Waals surface area (Å²) in [5.41, 5.74) is 0.642. The number of rotatable bonds is 11. The van der Waals surface area contributed by atoms with Gasteiger partial charge in [-0.15, -0.1) is 0 Å². The van der Waals surface area contributed by atoms with Gasteiger partial charge in [0.2, 0.25) is 17.6 Å². The number of hydrogen-bond acceptors (Lipinski definition) is 7. The Morgan fingerprint density at radius 1 is 1.07 bits per heavy atom. The Kier molecular flexibility index (Phi) is 11.1. The Hall–Kier alpha value is -3.21. The third-order valence-corrected chi connectivity index (χ3v) is 9.01. The number of carbonyl (C=O) groups excluding carboxylic acids is 2. The van der Waals surface area contributed by atoms with Gasteiger partial charge >= 0.3 is 0 Å². The van der Waals surface area contributed by atoms with E-state index in [1.54, 1.807) is 36.1 Å². The van der Waals surface area contributed by atoms with Crippen LogP contribution in [0.25, 0.3) is 11.4 Å². The van der Waals surface area contributed by atoms with Crippen molar-refractivity contribution in [3.8, 4) is 17.1 Å². The van der Waals surface area contributed by atoms with Crippen molar-refractivity contribution in [1.82, 2.24) is 25.3 Å². The van der Waals surface area contributed by atoms with E-state index in [9.17, 15) is 14.0 Å². The van der Waals surface area contributed by atoms with Crippen molar-refractivity contribution in [3.63, 3.8) is 0 Å². The van der Waals surface area contributed by atoms with Gasteiger partial charge in [0.05, 0.1) is 22.2 Å². The fourth-order valence-corrected chi connectivity index (χ4v) is 6.12. The average molecular weight is 647 g/mol. The van der Waals surface area contributed by atoms with Crippen molar-refractivity contribution < 1.29 is 23.2 Å². The summed E-state index contributed by atoms with van der Waals surface area (Å²) in [5, 5.41) is 7.39. The van der Waals surface area contributed by atoms with Gasteiger partial charge in [-0.2, -0.15) is 4.98 Å². The Bertz CT molecular complexity index is 1450. The molecule has 1 aliphatic heterocycles. The summed E-state index contributed by atoms with van der Waals surface area (Å²) in [6.07, 6.45) is 7.16. The summed E-state index contributed by atoms with van der Waals surface area (Å²) in [5.74, 6) is 0.896. The minimum Gasteiger partial charge on any atom is -0.493 e. The van der Waals surface area contributed by atoms with Crippen LogP contribution in [-0.4, -0.2) is 77.1 Å². The van der Waals surface area contributed by atoms with Gasteiger partial charge in [0.1, 0.15) is 17.6 Å². The number of nitrogens with zero attached hydrogens (tertiary/aromatic N) is 4. The smallest absolute Gasteiger partial charge is 0.251 e. The largest absolute Gasteiger partial charge is 0.493 e. The molecule has 2 amide bonds. The number of hydrogen-bond donors (Lipinski definition) is 1. The van der Waals surface area contributed by atoms with Crippen molar-refractivity contribution >= 4 is 35.0 Å². The number of carbonyl (C=O) groups is 2. The van der Waals surface area contributed by atoms with Crippen molar-refractivity contribution in [2.24, 2.45) is 5.92 Å². The van der Waals surface area contributed by atoms with E-state index in [1.165, 1.54) is 37.8 Å². The second-order valence-electron chi connectivity index (χ2n) is 11.6. The number of ether oxygens (including phenoxy) is 1. The number of aromatic nitrogens is 2. The molecule has 2 aliphatic rings. The van der Waals surface area contributed by atoms with E-state index in [1.807, 2.05) is 0 Å². The number of halogens is 3. The van der Waals surface area contributed by atoms with Crippen molar-refractivity contribution in [1.29, 1.82) is 0 Å². The van der Waals surface area contributed by atoms with Gasteiger partial charge in [0.15, 0.2) is 0 Å². The molecule has 3 aromatic rings. The fourth-order valence-electron chi connectivity index (χ4n) is 5.82. The quantitative estimate of drug-likeness (QED) is 0.254. The molecule has 12 heteroatoms. The molecule has 236 valence electrons. The highest BCUT2D eigenvalue weighted by molar-refractivity contribution is 6.42. The van der Waals surface area contributed by atoms with E-state index >= 15 is 0 Å². The number of benzene rings is 2. The molecule has 1 saturated carbocycles. The minimum atomic E-state index is -0.678. The third-order valence-electron chi connectivity index (χ3n) is 8.27. The molecule has 2 heterocycles. The molecule has 0 unspecified atom stereocenters. The van der Waals surface area contributed by atoms with Crippen LogP contribution in [0.2, 0.25) is 10.0 Å². The van der Waals surface area contributed by atoms with Crippen LogP contribution >= 0.6 is 23.2 Å². The first-order valence-electron chi connectivity index (χ1n) is 15.3. The first kappa shape index (κ1) is 32.2. The lowest BCUT2D eigenvalue weighted by Crippen LogP contribution is -2.48. The Morgan fingerprint density at radius 2 is 1.89 bits per heavy atom. The molecule has 1 aliphatic carbocycles. The summed E-state index contributed by atoms with van der Waals surface area (Å²) < 4.78 is 26.1.